The first-order valence-corrected chi connectivity index (χ1v) is 6.54. The van der Waals surface area contributed by atoms with Gasteiger partial charge in [-0.05, 0) is 50.6 Å². The van der Waals surface area contributed by atoms with Crippen LogP contribution in [0.1, 0.15) is 30.1 Å². The Kier molecular flexibility index (Phi) is 4.59. The van der Waals surface area contributed by atoms with Crippen LogP contribution < -0.4 is 15.4 Å². The number of hydrogen-bond donors (Lipinski definition) is 2. The summed E-state index contributed by atoms with van der Waals surface area (Å²) in [5.41, 5.74) is 0.684. The van der Waals surface area contributed by atoms with Crippen LogP contribution >= 0.6 is 0 Å². The predicted molar refractivity (Wildman–Crippen MR) is 71.0 cm³/mol. The maximum Gasteiger partial charge on any atom is 0.251 e. The second kappa shape index (κ2) is 6.40. The van der Waals surface area contributed by atoms with Crippen LogP contribution in [0.3, 0.4) is 0 Å². The molecule has 18 heavy (non-hydrogen) atoms. The summed E-state index contributed by atoms with van der Waals surface area (Å²) in [5, 5.41) is 6.33. The SMILES string of the molecule is CCOc1ccc(C(=O)N[C@@H]2CCCNC2)cc1. The lowest BCUT2D eigenvalue weighted by atomic mass is 10.1. The highest BCUT2D eigenvalue weighted by atomic mass is 16.5. The molecule has 2 N–H and O–H groups in total. The summed E-state index contributed by atoms with van der Waals surface area (Å²) in [7, 11) is 0. The lowest BCUT2D eigenvalue weighted by Crippen LogP contribution is -2.45. The van der Waals surface area contributed by atoms with Gasteiger partial charge in [-0.2, -0.15) is 0 Å². The second-order valence-electron chi connectivity index (χ2n) is 4.47. The quantitative estimate of drug-likeness (QED) is 0.850. The molecule has 4 heteroatoms. The highest BCUT2D eigenvalue weighted by molar-refractivity contribution is 5.94. The van der Waals surface area contributed by atoms with Gasteiger partial charge in [0.2, 0.25) is 0 Å². The topological polar surface area (TPSA) is 50.4 Å². The number of hydrogen-bond acceptors (Lipinski definition) is 3. The highest BCUT2D eigenvalue weighted by Gasteiger charge is 2.16. The molecule has 0 saturated carbocycles. The molecule has 1 heterocycles. The fourth-order valence-electron chi connectivity index (χ4n) is 2.11. The van der Waals surface area contributed by atoms with Crippen molar-refractivity contribution in [1.82, 2.24) is 10.6 Å². The van der Waals surface area contributed by atoms with Crippen molar-refractivity contribution in [1.29, 1.82) is 0 Å². The van der Waals surface area contributed by atoms with Gasteiger partial charge in [-0.1, -0.05) is 0 Å². The summed E-state index contributed by atoms with van der Waals surface area (Å²) in [6.45, 7) is 4.49. The van der Waals surface area contributed by atoms with E-state index >= 15 is 0 Å². The van der Waals surface area contributed by atoms with Crippen LogP contribution in [-0.2, 0) is 0 Å². The normalized spacial score (nSPS) is 19.3. The molecule has 0 bridgehead atoms. The minimum absolute atomic E-state index is 0.00764. The number of ether oxygens (including phenoxy) is 1. The smallest absolute Gasteiger partial charge is 0.251 e. The van der Waals surface area contributed by atoms with Gasteiger partial charge >= 0.3 is 0 Å². The number of rotatable bonds is 4. The van der Waals surface area contributed by atoms with Crippen molar-refractivity contribution >= 4 is 5.91 Å². The third kappa shape index (κ3) is 3.47. The third-order valence-electron chi connectivity index (χ3n) is 3.06. The number of piperidine rings is 1. The molecule has 0 aromatic heterocycles. The Morgan fingerprint density at radius 3 is 2.83 bits per heavy atom. The maximum atomic E-state index is 12.0. The number of amides is 1. The summed E-state index contributed by atoms with van der Waals surface area (Å²) in [6.07, 6.45) is 2.17. The molecule has 1 saturated heterocycles. The maximum absolute atomic E-state index is 12.0. The Morgan fingerprint density at radius 2 is 2.22 bits per heavy atom. The summed E-state index contributed by atoms with van der Waals surface area (Å²) in [5.74, 6) is 0.792. The van der Waals surface area contributed by atoms with Gasteiger partial charge in [-0.25, -0.2) is 0 Å². The number of nitrogens with one attached hydrogen (secondary N) is 2. The number of benzene rings is 1. The Hall–Kier alpha value is -1.55. The van der Waals surface area contributed by atoms with Crippen LogP contribution in [0, 0.1) is 0 Å². The third-order valence-corrected chi connectivity index (χ3v) is 3.06. The molecule has 1 aliphatic rings. The van der Waals surface area contributed by atoms with Gasteiger partial charge in [-0.3, -0.25) is 4.79 Å². The van der Waals surface area contributed by atoms with Gasteiger partial charge in [0.15, 0.2) is 0 Å². The average Bonchev–Trinajstić information content (AvgIpc) is 2.41. The highest BCUT2D eigenvalue weighted by Crippen LogP contribution is 2.12. The number of carbonyl (C=O) groups excluding carboxylic acids is 1. The van der Waals surface area contributed by atoms with E-state index in [4.69, 9.17) is 4.74 Å². The van der Waals surface area contributed by atoms with E-state index in [0.717, 1.165) is 31.7 Å². The van der Waals surface area contributed by atoms with Crippen molar-refractivity contribution in [2.75, 3.05) is 19.7 Å². The molecule has 2 rings (SSSR count). The Balaban J connectivity index is 1.91. The molecule has 0 aliphatic carbocycles. The van der Waals surface area contributed by atoms with E-state index in [9.17, 15) is 4.79 Å². The second-order valence-corrected chi connectivity index (χ2v) is 4.47. The molecular weight excluding hydrogens is 228 g/mol. The van der Waals surface area contributed by atoms with Crippen molar-refractivity contribution in [2.24, 2.45) is 0 Å². The van der Waals surface area contributed by atoms with Crippen LogP contribution in [-0.4, -0.2) is 31.6 Å². The van der Waals surface area contributed by atoms with Crippen molar-refractivity contribution < 1.29 is 9.53 Å². The lowest BCUT2D eigenvalue weighted by molar-refractivity contribution is 0.0930. The van der Waals surface area contributed by atoms with E-state index in [1.807, 2.05) is 19.1 Å². The Morgan fingerprint density at radius 1 is 1.44 bits per heavy atom. The molecule has 1 aromatic rings. The van der Waals surface area contributed by atoms with Gasteiger partial charge in [-0.15, -0.1) is 0 Å². The molecular formula is C14H20N2O2. The molecule has 1 aliphatic heterocycles. The first-order valence-electron chi connectivity index (χ1n) is 6.54. The van der Waals surface area contributed by atoms with Crippen molar-refractivity contribution in [3.8, 4) is 5.75 Å². The van der Waals surface area contributed by atoms with Crippen LogP contribution in [0.25, 0.3) is 0 Å². The molecule has 0 spiro atoms. The molecule has 1 aromatic carbocycles. The minimum atomic E-state index is -0.00764. The molecule has 98 valence electrons. The molecule has 1 atom stereocenters. The van der Waals surface area contributed by atoms with Gasteiger partial charge < -0.3 is 15.4 Å². The van der Waals surface area contributed by atoms with E-state index in [0.29, 0.717) is 12.2 Å². The van der Waals surface area contributed by atoms with Gasteiger partial charge in [0.05, 0.1) is 6.61 Å². The first-order chi connectivity index (χ1) is 8.79. The zero-order chi connectivity index (χ0) is 12.8. The van der Waals surface area contributed by atoms with Crippen LogP contribution in [0.4, 0.5) is 0 Å². The summed E-state index contributed by atoms with van der Waals surface area (Å²) >= 11 is 0. The van der Waals surface area contributed by atoms with Crippen LogP contribution in [0.2, 0.25) is 0 Å². The zero-order valence-corrected chi connectivity index (χ0v) is 10.7. The molecule has 1 amide bonds. The lowest BCUT2D eigenvalue weighted by Gasteiger charge is -2.23. The van der Waals surface area contributed by atoms with Crippen LogP contribution in [0.15, 0.2) is 24.3 Å². The van der Waals surface area contributed by atoms with E-state index < -0.39 is 0 Å². The first kappa shape index (κ1) is 12.9. The van der Waals surface area contributed by atoms with Gasteiger partial charge in [0, 0.05) is 18.2 Å². The summed E-state index contributed by atoms with van der Waals surface area (Å²) < 4.78 is 5.35. The van der Waals surface area contributed by atoms with E-state index in [1.165, 1.54) is 0 Å². The van der Waals surface area contributed by atoms with E-state index in [2.05, 4.69) is 10.6 Å². The molecule has 4 nitrogen and oxygen atoms in total. The number of carbonyl (C=O) groups is 1. The van der Waals surface area contributed by atoms with Crippen molar-refractivity contribution in [3.63, 3.8) is 0 Å². The minimum Gasteiger partial charge on any atom is -0.494 e. The van der Waals surface area contributed by atoms with Crippen LogP contribution in [0.5, 0.6) is 5.75 Å². The predicted octanol–water partition coefficient (Wildman–Crippen LogP) is 1.57. The van der Waals surface area contributed by atoms with Gasteiger partial charge in [0.1, 0.15) is 5.75 Å². The zero-order valence-electron chi connectivity index (χ0n) is 10.7. The standard InChI is InChI=1S/C14H20N2O2/c1-2-18-13-7-5-11(6-8-13)14(17)16-12-4-3-9-15-10-12/h5-8,12,15H,2-4,9-10H2,1H3,(H,16,17)/t12-/m1/s1. The molecule has 0 unspecified atom stereocenters. The Labute approximate surface area is 108 Å². The summed E-state index contributed by atoms with van der Waals surface area (Å²) in [4.78, 5) is 12.0. The monoisotopic (exact) mass is 248 g/mol. The summed E-state index contributed by atoms with van der Waals surface area (Å²) in [6, 6.07) is 7.51. The van der Waals surface area contributed by atoms with Crippen molar-refractivity contribution in [3.05, 3.63) is 29.8 Å². The fraction of sp³-hybridized carbons (Fsp3) is 0.500. The molecule has 0 radical (unpaired) electrons. The Bertz CT molecular complexity index is 383. The van der Waals surface area contributed by atoms with E-state index in [-0.39, 0.29) is 11.9 Å². The van der Waals surface area contributed by atoms with Crippen molar-refractivity contribution in [2.45, 2.75) is 25.8 Å². The largest absolute Gasteiger partial charge is 0.494 e. The van der Waals surface area contributed by atoms with E-state index in [1.54, 1.807) is 12.1 Å². The average molecular weight is 248 g/mol. The fourth-order valence-corrected chi connectivity index (χ4v) is 2.11. The molecule has 1 fully saturated rings. The van der Waals surface area contributed by atoms with Gasteiger partial charge in [0.25, 0.3) is 5.91 Å².